The summed E-state index contributed by atoms with van der Waals surface area (Å²) in [5.74, 6) is -1.00. The summed E-state index contributed by atoms with van der Waals surface area (Å²) in [5, 5.41) is 5.77. The highest BCUT2D eigenvalue weighted by molar-refractivity contribution is 7.92. The van der Waals surface area contributed by atoms with Gasteiger partial charge in [0.15, 0.2) is 0 Å². The highest BCUT2D eigenvalue weighted by Crippen LogP contribution is 2.33. The zero-order chi connectivity index (χ0) is 24.7. The molecule has 0 aromatic heterocycles. The largest absolute Gasteiger partial charge is 0.352 e. The van der Waals surface area contributed by atoms with Crippen LogP contribution in [0.3, 0.4) is 0 Å². The molecule has 0 fully saturated rings. The van der Waals surface area contributed by atoms with E-state index in [-0.39, 0.29) is 37.8 Å². The molecule has 2 N–H and O–H groups in total. The quantitative estimate of drug-likeness (QED) is 0.417. The van der Waals surface area contributed by atoms with E-state index in [0.29, 0.717) is 6.54 Å². The number of nitrogens with one attached hydrogen (secondary N) is 2. The molecule has 0 bridgehead atoms. The van der Waals surface area contributed by atoms with E-state index in [1.54, 1.807) is 42.5 Å². The van der Waals surface area contributed by atoms with Gasteiger partial charge in [-0.15, -0.1) is 0 Å². The van der Waals surface area contributed by atoms with Gasteiger partial charge < -0.3 is 10.6 Å². The lowest BCUT2D eigenvalue weighted by molar-refractivity contribution is -0.114. The number of sulfonamides is 1. The van der Waals surface area contributed by atoms with Gasteiger partial charge in [-0.25, -0.2) is 8.42 Å². The van der Waals surface area contributed by atoms with Gasteiger partial charge in [-0.2, -0.15) is 0 Å². The van der Waals surface area contributed by atoms with Crippen LogP contribution in [0.25, 0.3) is 0 Å². The second kappa shape index (κ2) is 11.4. The Balaban J connectivity index is 1.95. The highest BCUT2D eigenvalue weighted by atomic mass is 35.5. The number of carbonyl (C=O) groups excluding carboxylic acids is 2. The second-order valence-corrected chi connectivity index (χ2v) is 9.98. The molecule has 0 unspecified atom stereocenters. The lowest BCUT2D eigenvalue weighted by Gasteiger charge is -2.25. The molecule has 0 spiro atoms. The molecule has 178 valence electrons. The average Bonchev–Trinajstić information content (AvgIpc) is 2.83. The molecule has 2 amide bonds. The number of hydrogen-bond donors (Lipinski definition) is 2. The fourth-order valence-corrected chi connectivity index (χ4v) is 5.03. The van der Waals surface area contributed by atoms with Crippen molar-refractivity contribution in [1.29, 1.82) is 0 Å². The topological polar surface area (TPSA) is 95.6 Å². The minimum atomic E-state index is -4.17. The molecule has 3 rings (SSSR count). The summed E-state index contributed by atoms with van der Waals surface area (Å²) in [7, 11) is -4.17. The maximum absolute atomic E-state index is 13.5. The zero-order valence-electron chi connectivity index (χ0n) is 18.3. The van der Waals surface area contributed by atoms with Gasteiger partial charge >= 0.3 is 0 Å². The summed E-state index contributed by atoms with van der Waals surface area (Å²) in [5.41, 5.74) is 0.583. The fourth-order valence-electron chi connectivity index (χ4n) is 3.14. The maximum atomic E-state index is 13.5. The number of nitrogens with zero attached hydrogens (tertiary/aromatic N) is 1. The second-order valence-electron chi connectivity index (χ2n) is 7.27. The molecule has 0 saturated carbocycles. The maximum Gasteiger partial charge on any atom is 0.264 e. The van der Waals surface area contributed by atoms with Crippen molar-refractivity contribution in [1.82, 2.24) is 5.32 Å². The average molecular weight is 520 g/mol. The van der Waals surface area contributed by atoms with Gasteiger partial charge in [-0.05, 0) is 48.9 Å². The molecule has 0 aliphatic carbocycles. The molecular formula is C24H23Cl2N3O4S. The first-order valence-corrected chi connectivity index (χ1v) is 12.6. The van der Waals surface area contributed by atoms with E-state index in [2.05, 4.69) is 10.6 Å². The van der Waals surface area contributed by atoms with Crippen molar-refractivity contribution in [3.05, 3.63) is 88.4 Å². The summed E-state index contributed by atoms with van der Waals surface area (Å²) < 4.78 is 27.8. The summed E-state index contributed by atoms with van der Waals surface area (Å²) in [4.78, 5) is 25.5. The molecule has 0 radical (unpaired) electrons. The van der Waals surface area contributed by atoms with E-state index in [9.17, 15) is 18.0 Å². The smallest absolute Gasteiger partial charge is 0.264 e. The minimum Gasteiger partial charge on any atom is -0.352 e. The molecule has 34 heavy (non-hydrogen) atoms. The van der Waals surface area contributed by atoms with Crippen molar-refractivity contribution in [2.45, 2.75) is 18.2 Å². The van der Waals surface area contributed by atoms with Crippen LogP contribution in [0.15, 0.2) is 77.7 Å². The van der Waals surface area contributed by atoms with E-state index in [0.717, 1.165) is 10.7 Å². The Morgan fingerprint density at radius 3 is 2.32 bits per heavy atom. The Hall–Kier alpha value is -3.07. The van der Waals surface area contributed by atoms with Gasteiger partial charge in [0.05, 0.1) is 26.9 Å². The van der Waals surface area contributed by atoms with Crippen LogP contribution in [0.2, 0.25) is 10.0 Å². The summed E-state index contributed by atoms with van der Waals surface area (Å²) >= 11 is 12.4. The lowest BCUT2D eigenvalue weighted by atomic mass is 10.1. The van der Waals surface area contributed by atoms with Crippen molar-refractivity contribution in [3.8, 4) is 0 Å². The third-order valence-electron chi connectivity index (χ3n) is 4.78. The van der Waals surface area contributed by atoms with Gasteiger partial charge in [-0.1, -0.05) is 60.5 Å². The number of benzene rings is 3. The third kappa shape index (κ3) is 6.08. The van der Waals surface area contributed by atoms with Crippen molar-refractivity contribution in [3.63, 3.8) is 0 Å². The van der Waals surface area contributed by atoms with Gasteiger partial charge in [-0.3, -0.25) is 13.9 Å². The number of halogens is 2. The van der Waals surface area contributed by atoms with E-state index in [4.69, 9.17) is 23.2 Å². The molecule has 0 saturated heterocycles. The minimum absolute atomic E-state index is 0.0156. The summed E-state index contributed by atoms with van der Waals surface area (Å²) in [6, 6.07) is 18.5. The predicted octanol–water partition coefficient (Wildman–Crippen LogP) is 4.97. The van der Waals surface area contributed by atoms with E-state index in [1.165, 1.54) is 30.3 Å². The van der Waals surface area contributed by atoms with Gasteiger partial charge in [0, 0.05) is 11.6 Å². The van der Waals surface area contributed by atoms with Crippen LogP contribution in [-0.4, -0.2) is 33.3 Å². The normalized spacial score (nSPS) is 11.0. The number of amides is 2. The Bertz CT molecular complexity index is 1280. The predicted molar refractivity (Wildman–Crippen MR) is 135 cm³/mol. The Kier molecular flexibility index (Phi) is 8.55. The molecule has 7 nitrogen and oxygen atoms in total. The van der Waals surface area contributed by atoms with Crippen LogP contribution in [0.4, 0.5) is 11.4 Å². The fraction of sp³-hybridized carbons (Fsp3) is 0.167. The Labute approximate surface area is 208 Å². The summed E-state index contributed by atoms with van der Waals surface area (Å²) in [6.07, 6.45) is 0.757. The summed E-state index contributed by atoms with van der Waals surface area (Å²) in [6.45, 7) is 1.82. The number of rotatable bonds is 9. The number of anilines is 2. The van der Waals surface area contributed by atoms with Gasteiger partial charge in [0.25, 0.3) is 15.9 Å². The van der Waals surface area contributed by atoms with Crippen molar-refractivity contribution in [2.24, 2.45) is 0 Å². The number of hydrogen-bond acceptors (Lipinski definition) is 4. The van der Waals surface area contributed by atoms with Crippen LogP contribution in [-0.2, 0) is 14.8 Å². The van der Waals surface area contributed by atoms with Crippen LogP contribution in [0.1, 0.15) is 23.7 Å². The van der Waals surface area contributed by atoms with Crippen molar-refractivity contribution in [2.75, 3.05) is 22.7 Å². The first-order chi connectivity index (χ1) is 16.2. The molecule has 3 aromatic rings. The van der Waals surface area contributed by atoms with E-state index < -0.39 is 22.5 Å². The number of para-hydroxylation sites is 1. The molecule has 0 atom stereocenters. The SMILES string of the molecule is CCCNC(=O)c1ccccc1NC(=O)CN(c1cc(Cl)ccc1Cl)S(=O)(=O)c1ccccc1. The monoisotopic (exact) mass is 519 g/mol. The molecule has 0 aliphatic heterocycles. The molecule has 0 heterocycles. The van der Waals surface area contributed by atoms with Crippen molar-refractivity contribution >= 4 is 56.4 Å². The van der Waals surface area contributed by atoms with Crippen LogP contribution < -0.4 is 14.9 Å². The first-order valence-electron chi connectivity index (χ1n) is 10.4. The van der Waals surface area contributed by atoms with Gasteiger partial charge in [0.1, 0.15) is 6.54 Å². The van der Waals surface area contributed by atoms with Gasteiger partial charge in [0.2, 0.25) is 5.91 Å². The molecule has 3 aromatic carbocycles. The lowest BCUT2D eigenvalue weighted by Crippen LogP contribution is -2.38. The zero-order valence-corrected chi connectivity index (χ0v) is 20.6. The van der Waals surface area contributed by atoms with Crippen LogP contribution in [0.5, 0.6) is 0 Å². The highest BCUT2D eigenvalue weighted by Gasteiger charge is 2.29. The molecular weight excluding hydrogens is 497 g/mol. The molecule has 10 heteroatoms. The van der Waals surface area contributed by atoms with Crippen molar-refractivity contribution < 1.29 is 18.0 Å². The third-order valence-corrected chi connectivity index (χ3v) is 7.11. The Morgan fingerprint density at radius 2 is 1.62 bits per heavy atom. The van der Waals surface area contributed by atoms with Crippen LogP contribution in [0, 0.1) is 0 Å². The molecule has 0 aliphatic rings. The van der Waals surface area contributed by atoms with E-state index in [1.807, 2.05) is 6.92 Å². The number of carbonyl (C=O) groups is 2. The first kappa shape index (κ1) is 25.6. The standard InChI is InChI=1S/C24H23Cl2N3O4S/c1-2-14-27-24(31)19-10-6-7-11-21(19)28-23(30)16-29(22-15-17(25)12-13-20(22)26)34(32,33)18-8-4-3-5-9-18/h3-13,15H,2,14,16H2,1H3,(H,27,31)(H,28,30). The Morgan fingerprint density at radius 1 is 0.941 bits per heavy atom. The van der Waals surface area contributed by atoms with Crippen LogP contribution >= 0.6 is 23.2 Å². The van der Waals surface area contributed by atoms with E-state index >= 15 is 0 Å².